The van der Waals surface area contributed by atoms with Crippen molar-refractivity contribution in [2.24, 2.45) is 11.8 Å². The standard InChI is InChI=1S/C16H30N2O2S/c1-12(2)14-10-16(20)18(11-14)8-7-17-15(19)6-5-9-21-13(3)4/h12-14H,5-11H2,1-4H3,(H,17,19). The Bertz CT molecular complexity index is 345. The molecule has 1 rings (SSSR count). The van der Waals surface area contributed by atoms with Crippen LogP contribution < -0.4 is 5.32 Å². The highest BCUT2D eigenvalue weighted by Crippen LogP contribution is 2.24. The first kappa shape index (κ1) is 18.3. The van der Waals surface area contributed by atoms with Gasteiger partial charge in [0.1, 0.15) is 0 Å². The van der Waals surface area contributed by atoms with Crippen molar-refractivity contribution in [2.75, 3.05) is 25.4 Å². The fourth-order valence-electron chi connectivity index (χ4n) is 2.44. The van der Waals surface area contributed by atoms with Crippen molar-refractivity contribution in [3.05, 3.63) is 0 Å². The van der Waals surface area contributed by atoms with Gasteiger partial charge in [0.15, 0.2) is 0 Å². The molecule has 1 unspecified atom stereocenters. The van der Waals surface area contributed by atoms with E-state index in [9.17, 15) is 9.59 Å². The van der Waals surface area contributed by atoms with Gasteiger partial charge in [-0.2, -0.15) is 11.8 Å². The molecule has 4 nitrogen and oxygen atoms in total. The molecule has 0 spiro atoms. The summed E-state index contributed by atoms with van der Waals surface area (Å²) in [5.74, 6) is 2.39. The van der Waals surface area contributed by atoms with Gasteiger partial charge >= 0.3 is 0 Å². The molecule has 1 N–H and O–H groups in total. The highest BCUT2D eigenvalue weighted by atomic mass is 32.2. The smallest absolute Gasteiger partial charge is 0.222 e. The normalized spacial score (nSPS) is 18.9. The van der Waals surface area contributed by atoms with Crippen molar-refractivity contribution in [3.8, 4) is 0 Å². The van der Waals surface area contributed by atoms with Crippen LogP contribution in [0.15, 0.2) is 0 Å². The SMILES string of the molecule is CC(C)SCCCC(=O)NCCN1CC(C(C)C)CC1=O. The van der Waals surface area contributed by atoms with Crippen LogP contribution in [-0.4, -0.2) is 47.4 Å². The summed E-state index contributed by atoms with van der Waals surface area (Å²) in [4.78, 5) is 25.4. The van der Waals surface area contributed by atoms with Crippen LogP contribution in [0.25, 0.3) is 0 Å². The highest BCUT2D eigenvalue weighted by molar-refractivity contribution is 7.99. The molecule has 2 amide bonds. The van der Waals surface area contributed by atoms with Crippen molar-refractivity contribution in [2.45, 2.75) is 52.2 Å². The summed E-state index contributed by atoms with van der Waals surface area (Å²) in [7, 11) is 0. The van der Waals surface area contributed by atoms with Gasteiger partial charge in [-0.05, 0) is 29.3 Å². The van der Waals surface area contributed by atoms with Crippen molar-refractivity contribution in [1.29, 1.82) is 0 Å². The first-order valence-corrected chi connectivity index (χ1v) is 9.11. The molecule has 21 heavy (non-hydrogen) atoms. The topological polar surface area (TPSA) is 49.4 Å². The van der Waals surface area contributed by atoms with Crippen LogP contribution >= 0.6 is 11.8 Å². The van der Waals surface area contributed by atoms with E-state index in [1.807, 2.05) is 16.7 Å². The Labute approximate surface area is 133 Å². The monoisotopic (exact) mass is 314 g/mol. The molecule has 1 fully saturated rings. The molecular formula is C16H30N2O2S. The van der Waals surface area contributed by atoms with Crippen molar-refractivity contribution in [1.82, 2.24) is 10.2 Å². The maximum absolute atomic E-state index is 11.9. The van der Waals surface area contributed by atoms with Gasteiger partial charge in [-0.1, -0.05) is 27.7 Å². The number of likely N-dealkylation sites (tertiary alicyclic amines) is 1. The number of carbonyl (C=O) groups is 2. The van der Waals surface area contributed by atoms with Crippen molar-refractivity contribution < 1.29 is 9.59 Å². The Morgan fingerprint density at radius 3 is 2.67 bits per heavy atom. The van der Waals surface area contributed by atoms with Crippen LogP contribution in [0.1, 0.15) is 47.0 Å². The maximum Gasteiger partial charge on any atom is 0.222 e. The molecule has 0 bridgehead atoms. The second kappa shape index (κ2) is 9.34. The molecule has 0 saturated carbocycles. The van der Waals surface area contributed by atoms with E-state index in [1.165, 1.54) is 0 Å². The van der Waals surface area contributed by atoms with Crippen LogP contribution in [0.4, 0.5) is 0 Å². The van der Waals surface area contributed by atoms with Crippen molar-refractivity contribution in [3.63, 3.8) is 0 Å². The second-order valence-corrected chi connectivity index (χ2v) is 8.11. The number of amides is 2. The van der Waals surface area contributed by atoms with Gasteiger partial charge in [0.25, 0.3) is 0 Å². The Balaban J connectivity index is 2.10. The minimum atomic E-state index is 0.103. The summed E-state index contributed by atoms with van der Waals surface area (Å²) in [5.41, 5.74) is 0. The van der Waals surface area contributed by atoms with Gasteiger partial charge in [0.05, 0.1) is 0 Å². The summed E-state index contributed by atoms with van der Waals surface area (Å²) < 4.78 is 0. The fraction of sp³-hybridized carbons (Fsp3) is 0.875. The van der Waals surface area contributed by atoms with Gasteiger partial charge in [-0.15, -0.1) is 0 Å². The first-order chi connectivity index (χ1) is 9.90. The Morgan fingerprint density at radius 2 is 2.10 bits per heavy atom. The summed E-state index contributed by atoms with van der Waals surface area (Å²) in [6, 6.07) is 0. The van der Waals surface area contributed by atoms with Gasteiger partial charge in [-0.3, -0.25) is 9.59 Å². The predicted octanol–water partition coefficient (Wildman–Crippen LogP) is 2.53. The lowest BCUT2D eigenvalue weighted by molar-refractivity contribution is -0.128. The average molecular weight is 314 g/mol. The number of nitrogens with one attached hydrogen (secondary N) is 1. The van der Waals surface area contributed by atoms with E-state index in [2.05, 4.69) is 33.0 Å². The van der Waals surface area contributed by atoms with E-state index < -0.39 is 0 Å². The quantitative estimate of drug-likeness (QED) is 0.665. The van der Waals surface area contributed by atoms with E-state index in [1.54, 1.807) is 0 Å². The number of carbonyl (C=O) groups excluding carboxylic acids is 2. The first-order valence-electron chi connectivity index (χ1n) is 8.06. The summed E-state index contributed by atoms with van der Waals surface area (Å²) in [5, 5.41) is 3.55. The van der Waals surface area contributed by atoms with E-state index in [0.29, 0.717) is 43.0 Å². The van der Waals surface area contributed by atoms with Gasteiger partial charge < -0.3 is 10.2 Å². The Kier molecular flexibility index (Phi) is 8.15. The zero-order valence-corrected chi connectivity index (χ0v) is 14.7. The van der Waals surface area contributed by atoms with Gasteiger partial charge in [0.2, 0.25) is 11.8 Å². The van der Waals surface area contributed by atoms with Gasteiger partial charge in [0, 0.05) is 32.5 Å². The predicted molar refractivity (Wildman–Crippen MR) is 89.4 cm³/mol. The molecule has 0 radical (unpaired) electrons. The van der Waals surface area contributed by atoms with E-state index in [4.69, 9.17) is 0 Å². The number of rotatable bonds is 9. The molecule has 0 aromatic carbocycles. The molecule has 1 atom stereocenters. The Hall–Kier alpha value is -0.710. The van der Waals surface area contributed by atoms with Crippen LogP contribution in [0.2, 0.25) is 0 Å². The zero-order chi connectivity index (χ0) is 15.8. The van der Waals surface area contributed by atoms with Crippen molar-refractivity contribution >= 4 is 23.6 Å². The van der Waals surface area contributed by atoms with Gasteiger partial charge in [-0.25, -0.2) is 0 Å². The molecule has 0 aromatic rings. The molecule has 0 aromatic heterocycles. The summed E-state index contributed by atoms with van der Waals surface area (Å²) in [6.45, 7) is 10.7. The van der Waals surface area contributed by atoms with Crippen LogP contribution in [0.3, 0.4) is 0 Å². The molecule has 1 saturated heterocycles. The largest absolute Gasteiger partial charge is 0.354 e. The third-order valence-corrected chi connectivity index (χ3v) is 5.08. The number of nitrogens with zero attached hydrogens (tertiary/aromatic N) is 1. The lowest BCUT2D eigenvalue weighted by Crippen LogP contribution is -2.36. The zero-order valence-electron chi connectivity index (χ0n) is 13.9. The molecule has 1 heterocycles. The van der Waals surface area contributed by atoms with E-state index in [-0.39, 0.29) is 11.8 Å². The molecule has 0 aliphatic carbocycles. The molecule has 1 aliphatic rings. The molecule has 122 valence electrons. The molecule has 1 aliphatic heterocycles. The lowest BCUT2D eigenvalue weighted by Gasteiger charge is -2.18. The third kappa shape index (κ3) is 7.21. The van der Waals surface area contributed by atoms with Crippen LogP contribution in [0.5, 0.6) is 0 Å². The van der Waals surface area contributed by atoms with Crippen LogP contribution in [0, 0.1) is 11.8 Å². The minimum absolute atomic E-state index is 0.103. The fourth-order valence-corrected chi connectivity index (χ4v) is 3.22. The number of hydrogen-bond acceptors (Lipinski definition) is 3. The summed E-state index contributed by atoms with van der Waals surface area (Å²) in [6.07, 6.45) is 2.17. The second-order valence-electron chi connectivity index (χ2n) is 6.42. The highest BCUT2D eigenvalue weighted by Gasteiger charge is 2.30. The molecular weight excluding hydrogens is 284 g/mol. The summed E-state index contributed by atoms with van der Waals surface area (Å²) >= 11 is 1.89. The van der Waals surface area contributed by atoms with Crippen LogP contribution in [-0.2, 0) is 9.59 Å². The van der Waals surface area contributed by atoms with E-state index >= 15 is 0 Å². The minimum Gasteiger partial charge on any atom is -0.354 e. The lowest BCUT2D eigenvalue weighted by atomic mass is 9.95. The number of hydrogen-bond donors (Lipinski definition) is 1. The third-order valence-electron chi connectivity index (χ3n) is 3.89. The maximum atomic E-state index is 11.9. The average Bonchev–Trinajstić information content (AvgIpc) is 2.76. The number of thioether (sulfide) groups is 1. The Morgan fingerprint density at radius 1 is 1.38 bits per heavy atom. The van der Waals surface area contributed by atoms with E-state index in [0.717, 1.165) is 18.7 Å². The molecule has 5 heteroatoms.